The van der Waals surface area contributed by atoms with E-state index in [-0.39, 0.29) is 25.4 Å². The van der Waals surface area contributed by atoms with Crippen molar-refractivity contribution in [1.82, 2.24) is 15.5 Å². The number of carbonyl (C=O) groups is 3. The molecule has 3 N–H and O–H groups in total. The zero-order valence-corrected chi connectivity index (χ0v) is 16.4. The van der Waals surface area contributed by atoms with E-state index in [1.807, 2.05) is 0 Å². The number of halogens is 4. The largest absolute Gasteiger partial charge is 0.417 e. The van der Waals surface area contributed by atoms with Crippen molar-refractivity contribution >= 4 is 29.4 Å². The first-order valence-electron chi connectivity index (χ1n) is 9.47. The number of aliphatic hydroxyl groups excluding tert-OH is 1. The Morgan fingerprint density at radius 2 is 1.90 bits per heavy atom. The van der Waals surface area contributed by atoms with E-state index >= 15 is 0 Å². The number of urea groups is 1. The first-order chi connectivity index (χ1) is 14.0. The zero-order chi connectivity index (χ0) is 21.8. The van der Waals surface area contributed by atoms with Crippen LogP contribution in [0, 0.1) is 11.8 Å². The first kappa shape index (κ1) is 20.9. The molecule has 11 heteroatoms. The highest BCUT2D eigenvalue weighted by Crippen LogP contribution is 2.45. The van der Waals surface area contributed by atoms with Crippen molar-refractivity contribution in [3.05, 3.63) is 33.8 Å². The summed E-state index contributed by atoms with van der Waals surface area (Å²) in [5.41, 5.74) is -1.38. The number of nitrogens with zero attached hydrogens (tertiary/aromatic N) is 1. The van der Waals surface area contributed by atoms with Crippen LogP contribution < -0.4 is 10.6 Å². The predicted octanol–water partition coefficient (Wildman–Crippen LogP) is 2.19. The lowest BCUT2D eigenvalue weighted by Gasteiger charge is -2.31. The van der Waals surface area contributed by atoms with E-state index in [1.165, 1.54) is 11.0 Å². The number of benzene rings is 1. The molecule has 162 valence electrons. The Morgan fingerprint density at radius 1 is 1.27 bits per heavy atom. The van der Waals surface area contributed by atoms with Gasteiger partial charge in [-0.3, -0.25) is 14.9 Å². The number of imide groups is 1. The van der Waals surface area contributed by atoms with Crippen LogP contribution in [0.4, 0.5) is 18.0 Å². The minimum absolute atomic E-state index is 0.0531. The molecule has 0 bridgehead atoms. The molecule has 1 aliphatic carbocycles. The summed E-state index contributed by atoms with van der Waals surface area (Å²) in [4.78, 5) is 38.5. The van der Waals surface area contributed by atoms with Gasteiger partial charge in [-0.1, -0.05) is 11.6 Å². The van der Waals surface area contributed by atoms with Crippen LogP contribution in [0.5, 0.6) is 0 Å². The molecule has 2 atom stereocenters. The minimum atomic E-state index is -4.61. The average molecular weight is 446 g/mol. The molecule has 0 unspecified atom stereocenters. The molecule has 1 saturated heterocycles. The number of hydrogen-bond acceptors (Lipinski definition) is 4. The van der Waals surface area contributed by atoms with Gasteiger partial charge in [-0.05, 0) is 48.4 Å². The molecule has 2 fully saturated rings. The maximum atomic E-state index is 13.1. The number of rotatable bonds is 5. The van der Waals surface area contributed by atoms with Gasteiger partial charge in [0, 0.05) is 13.1 Å². The van der Waals surface area contributed by atoms with Gasteiger partial charge >= 0.3 is 12.2 Å². The minimum Gasteiger partial charge on any atom is -0.396 e. The van der Waals surface area contributed by atoms with Crippen LogP contribution in [0.15, 0.2) is 12.1 Å². The summed E-state index contributed by atoms with van der Waals surface area (Å²) in [7, 11) is 0. The molecule has 0 aromatic heterocycles. The molecular weight excluding hydrogens is 427 g/mol. The third-order valence-corrected chi connectivity index (χ3v) is 6.32. The maximum Gasteiger partial charge on any atom is 0.417 e. The van der Waals surface area contributed by atoms with E-state index in [2.05, 4.69) is 10.6 Å². The Morgan fingerprint density at radius 3 is 2.40 bits per heavy atom. The highest BCUT2D eigenvalue weighted by molar-refractivity contribution is 6.31. The molecule has 2 aliphatic heterocycles. The quantitative estimate of drug-likeness (QED) is 0.605. The Balaban J connectivity index is 1.53. The van der Waals surface area contributed by atoms with Gasteiger partial charge < -0.3 is 15.3 Å². The van der Waals surface area contributed by atoms with Crippen LogP contribution >= 0.6 is 11.6 Å². The lowest BCUT2D eigenvalue weighted by atomic mass is 9.82. The summed E-state index contributed by atoms with van der Waals surface area (Å²) < 4.78 is 39.3. The highest BCUT2D eigenvalue weighted by atomic mass is 35.5. The summed E-state index contributed by atoms with van der Waals surface area (Å²) in [6.45, 7) is -0.560. The molecule has 4 amide bonds. The summed E-state index contributed by atoms with van der Waals surface area (Å²) in [6, 6.07) is 1.51. The summed E-state index contributed by atoms with van der Waals surface area (Å²) in [6.07, 6.45) is -3.25. The smallest absolute Gasteiger partial charge is 0.396 e. The average Bonchev–Trinajstić information content (AvgIpc) is 3.36. The van der Waals surface area contributed by atoms with E-state index in [0.29, 0.717) is 24.0 Å². The van der Waals surface area contributed by atoms with E-state index in [9.17, 15) is 32.7 Å². The highest BCUT2D eigenvalue weighted by Gasteiger charge is 2.57. The van der Waals surface area contributed by atoms with E-state index in [4.69, 9.17) is 11.6 Å². The molecule has 30 heavy (non-hydrogen) atoms. The van der Waals surface area contributed by atoms with Gasteiger partial charge in [-0.15, -0.1) is 0 Å². The van der Waals surface area contributed by atoms with Gasteiger partial charge in [0.05, 0.1) is 23.1 Å². The number of alkyl halides is 3. The molecule has 1 saturated carbocycles. The van der Waals surface area contributed by atoms with Gasteiger partial charge in [0.2, 0.25) is 5.91 Å². The van der Waals surface area contributed by atoms with E-state index in [0.717, 1.165) is 6.07 Å². The van der Waals surface area contributed by atoms with Gasteiger partial charge in [0.15, 0.2) is 0 Å². The van der Waals surface area contributed by atoms with Crippen molar-refractivity contribution in [3.63, 3.8) is 0 Å². The maximum absolute atomic E-state index is 13.1. The number of hydrogen-bond donors (Lipinski definition) is 3. The summed E-state index contributed by atoms with van der Waals surface area (Å²) >= 11 is 5.76. The van der Waals surface area contributed by atoms with Gasteiger partial charge in [-0.2, -0.15) is 13.2 Å². The summed E-state index contributed by atoms with van der Waals surface area (Å²) in [5.74, 6) is -2.11. The number of carbonyl (C=O) groups excluding carboxylic acids is 3. The molecule has 4 rings (SSSR count). The first-order valence-corrected chi connectivity index (χ1v) is 9.84. The van der Waals surface area contributed by atoms with E-state index in [1.54, 1.807) is 0 Å². The van der Waals surface area contributed by atoms with Crippen molar-refractivity contribution in [1.29, 1.82) is 0 Å². The molecule has 1 aromatic rings. The van der Waals surface area contributed by atoms with Crippen molar-refractivity contribution in [2.45, 2.75) is 44.1 Å². The SMILES string of the molecule is O=C1NC(=O)[C@@](C[C@H](CO)C(=O)N2Cc3cc(Cl)c(C(F)(F)F)cc3C2)(C2CC2)N1. The van der Waals surface area contributed by atoms with Crippen LogP contribution in [0.1, 0.15) is 36.0 Å². The predicted molar refractivity (Wildman–Crippen MR) is 98.0 cm³/mol. The second-order valence-corrected chi connectivity index (χ2v) is 8.44. The Hall–Kier alpha value is -2.33. The Bertz CT molecular complexity index is 934. The Labute approximate surface area is 174 Å². The van der Waals surface area contributed by atoms with Crippen LogP contribution in [0.3, 0.4) is 0 Å². The molecule has 1 aromatic carbocycles. The fourth-order valence-corrected chi connectivity index (χ4v) is 4.64. The molecule has 3 aliphatic rings. The zero-order valence-electron chi connectivity index (χ0n) is 15.7. The fourth-order valence-electron chi connectivity index (χ4n) is 4.35. The second-order valence-electron chi connectivity index (χ2n) is 8.03. The van der Waals surface area contributed by atoms with Crippen molar-refractivity contribution in [2.24, 2.45) is 11.8 Å². The van der Waals surface area contributed by atoms with Crippen LogP contribution in [0.2, 0.25) is 5.02 Å². The number of fused-ring (bicyclic) bond motifs is 1. The Kier molecular flexibility index (Phi) is 4.97. The van der Waals surface area contributed by atoms with Crippen molar-refractivity contribution in [2.75, 3.05) is 6.61 Å². The normalized spacial score (nSPS) is 24.5. The molecule has 2 heterocycles. The van der Waals surface area contributed by atoms with Gasteiger partial charge in [0.25, 0.3) is 5.91 Å². The fraction of sp³-hybridized carbons (Fsp3) is 0.526. The van der Waals surface area contributed by atoms with Crippen LogP contribution in [-0.4, -0.2) is 40.0 Å². The lowest BCUT2D eigenvalue weighted by Crippen LogP contribution is -2.52. The standard InChI is InChI=1S/C19H19ClF3N3O4/c20-14-4-10-7-26(6-9(10)3-13(14)19(21,22)23)15(28)11(8-27)5-18(12-1-2-12)16(29)24-17(30)25-18/h3-4,11-12,27H,1-2,5-8H2,(H2,24,25,29,30)/t11-,18-/m1/s1. The second kappa shape index (κ2) is 7.12. The number of amides is 4. The molecule has 0 radical (unpaired) electrons. The van der Waals surface area contributed by atoms with E-state index < -0.39 is 52.7 Å². The topological polar surface area (TPSA) is 98.7 Å². The van der Waals surface area contributed by atoms with Gasteiger partial charge in [0.1, 0.15) is 5.54 Å². The third kappa shape index (κ3) is 3.51. The molecular formula is C19H19ClF3N3O4. The summed E-state index contributed by atoms with van der Waals surface area (Å²) in [5, 5.41) is 14.2. The lowest BCUT2D eigenvalue weighted by molar-refractivity contribution is -0.139. The monoisotopic (exact) mass is 445 g/mol. The van der Waals surface area contributed by atoms with Gasteiger partial charge in [-0.25, -0.2) is 4.79 Å². The van der Waals surface area contributed by atoms with Crippen LogP contribution in [0.25, 0.3) is 0 Å². The molecule has 0 spiro atoms. The van der Waals surface area contributed by atoms with Crippen molar-refractivity contribution < 1.29 is 32.7 Å². The van der Waals surface area contributed by atoms with Crippen LogP contribution in [-0.2, 0) is 28.9 Å². The third-order valence-electron chi connectivity index (χ3n) is 6.01. The molecule has 7 nitrogen and oxygen atoms in total. The van der Waals surface area contributed by atoms with Crippen molar-refractivity contribution in [3.8, 4) is 0 Å². The number of aliphatic hydroxyl groups is 1. The number of nitrogens with one attached hydrogen (secondary N) is 2.